The van der Waals surface area contributed by atoms with E-state index in [0.717, 1.165) is 11.1 Å². The lowest BCUT2D eigenvalue weighted by Crippen LogP contribution is -2.00. The van der Waals surface area contributed by atoms with E-state index < -0.39 is 0 Å². The van der Waals surface area contributed by atoms with Crippen molar-refractivity contribution in [3.63, 3.8) is 0 Å². The Balaban J connectivity index is 2.09. The normalized spacial score (nSPS) is 15.8. The summed E-state index contributed by atoms with van der Waals surface area (Å²) in [6.07, 6.45) is 6.60. The van der Waals surface area contributed by atoms with Crippen LogP contribution in [0.15, 0.2) is 18.5 Å². The number of nitrogens with zero attached hydrogens (tertiary/aromatic N) is 1. The summed E-state index contributed by atoms with van der Waals surface area (Å²) in [6, 6.07) is 1.91. The summed E-state index contributed by atoms with van der Waals surface area (Å²) in [5.41, 5.74) is 1.83. The van der Waals surface area contributed by atoms with Gasteiger partial charge in [0.05, 0.1) is 0 Å². The summed E-state index contributed by atoms with van der Waals surface area (Å²) in [5, 5.41) is 0. The van der Waals surface area contributed by atoms with Gasteiger partial charge < -0.3 is 0 Å². The lowest BCUT2D eigenvalue weighted by Gasteiger charge is -1.99. The van der Waals surface area contributed by atoms with E-state index in [4.69, 9.17) is 0 Å². The molecule has 0 bridgehead atoms. The molecule has 1 saturated carbocycles. The molecule has 68 valence electrons. The monoisotopic (exact) mass is 175 g/mol. The van der Waals surface area contributed by atoms with Gasteiger partial charge in [-0.15, -0.1) is 0 Å². The van der Waals surface area contributed by atoms with Crippen LogP contribution in [0.4, 0.5) is 0 Å². The Hall–Kier alpha value is -1.18. The number of rotatable bonds is 3. The van der Waals surface area contributed by atoms with E-state index in [1.54, 1.807) is 12.4 Å². The van der Waals surface area contributed by atoms with E-state index in [-0.39, 0.29) is 5.78 Å². The predicted octanol–water partition coefficient (Wildman–Crippen LogP) is 2.37. The highest BCUT2D eigenvalue weighted by Crippen LogP contribution is 2.33. The van der Waals surface area contributed by atoms with E-state index in [2.05, 4.69) is 4.98 Å². The van der Waals surface area contributed by atoms with Gasteiger partial charge >= 0.3 is 0 Å². The number of hydrogen-bond acceptors (Lipinski definition) is 2. The van der Waals surface area contributed by atoms with Gasteiger partial charge in [0.1, 0.15) is 0 Å². The van der Waals surface area contributed by atoms with Gasteiger partial charge in [-0.25, -0.2) is 0 Å². The largest absolute Gasteiger partial charge is 0.294 e. The highest BCUT2D eigenvalue weighted by atomic mass is 16.1. The van der Waals surface area contributed by atoms with Gasteiger partial charge in [0.25, 0.3) is 0 Å². The zero-order chi connectivity index (χ0) is 9.26. The molecule has 0 unspecified atom stereocenters. The molecule has 2 heteroatoms. The number of aromatic nitrogens is 1. The van der Waals surface area contributed by atoms with Crippen molar-refractivity contribution in [2.24, 2.45) is 5.92 Å². The highest BCUT2D eigenvalue weighted by molar-refractivity contribution is 5.96. The molecule has 1 aromatic heterocycles. The minimum atomic E-state index is 0.249. The Morgan fingerprint density at radius 2 is 2.31 bits per heavy atom. The fraction of sp³-hybridized carbons (Fsp3) is 0.455. The Morgan fingerprint density at radius 1 is 1.54 bits per heavy atom. The third-order valence-corrected chi connectivity index (χ3v) is 2.37. The third kappa shape index (κ3) is 2.14. The highest BCUT2D eigenvalue weighted by Gasteiger charge is 2.24. The van der Waals surface area contributed by atoms with Gasteiger partial charge in [0.2, 0.25) is 0 Å². The summed E-state index contributed by atoms with van der Waals surface area (Å²) in [6.45, 7) is 1.96. The maximum absolute atomic E-state index is 11.6. The van der Waals surface area contributed by atoms with Crippen molar-refractivity contribution in [3.05, 3.63) is 29.6 Å². The van der Waals surface area contributed by atoms with Crippen molar-refractivity contribution < 1.29 is 4.79 Å². The van der Waals surface area contributed by atoms with Crippen molar-refractivity contribution in [2.45, 2.75) is 26.2 Å². The lowest BCUT2D eigenvalue weighted by molar-refractivity contribution is 0.0975. The number of ketones is 1. The molecule has 1 heterocycles. The first kappa shape index (κ1) is 8.42. The molecular weight excluding hydrogens is 162 g/mol. The van der Waals surface area contributed by atoms with Crippen LogP contribution in [0.2, 0.25) is 0 Å². The van der Waals surface area contributed by atoms with Crippen molar-refractivity contribution >= 4 is 5.78 Å². The van der Waals surface area contributed by atoms with Crippen molar-refractivity contribution in [1.29, 1.82) is 0 Å². The van der Waals surface area contributed by atoms with Crippen molar-refractivity contribution in [2.75, 3.05) is 0 Å². The van der Waals surface area contributed by atoms with E-state index in [0.29, 0.717) is 12.3 Å². The average Bonchev–Trinajstić information content (AvgIpc) is 2.88. The Labute approximate surface area is 78.0 Å². The SMILES string of the molecule is Cc1cncc(C(=O)CC2CC2)c1. The van der Waals surface area contributed by atoms with Gasteiger partial charge in [0, 0.05) is 24.4 Å². The quantitative estimate of drug-likeness (QED) is 0.660. The van der Waals surface area contributed by atoms with Gasteiger partial charge in [-0.1, -0.05) is 0 Å². The van der Waals surface area contributed by atoms with Crippen LogP contribution in [-0.4, -0.2) is 10.8 Å². The minimum absolute atomic E-state index is 0.249. The summed E-state index contributed by atoms with van der Waals surface area (Å²) in [4.78, 5) is 15.6. The molecule has 0 radical (unpaired) electrons. The molecule has 1 fully saturated rings. The molecule has 13 heavy (non-hydrogen) atoms. The Kier molecular flexibility index (Phi) is 2.13. The third-order valence-electron chi connectivity index (χ3n) is 2.37. The first-order valence-corrected chi connectivity index (χ1v) is 4.70. The van der Waals surface area contributed by atoms with Crippen LogP contribution in [-0.2, 0) is 0 Å². The van der Waals surface area contributed by atoms with Crippen LogP contribution in [0.5, 0.6) is 0 Å². The zero-order valence-corrected chi connectivity index (χ0v) is 7.79. The molecule has 0 aliphatic heterocycles. The van der Waals surface area contributed by atoms with Crippen LogP contribution < -0.4 is 0 Å². The number of pyridine rings is 1. The molecule has 0 saturated heterocycles. The molecule has 1 aromatic rings. The van der Waals surface area contributed by atoms with Crippen LogP contribution >= 0.6 is 0 Å². The number of aryl methyl sites for hydroxylation is 1. The second-order valence-corrected chi connectivity index (χ2v) is 3.82. The van der Waals surface area contributed by atoms with Crippen LogP contribution in [0.25, 0.3) is 0 Å². The molecule has 0 aromatic carbocycles. The van der Waals surface area contributed by atoms with Gasteiger partial charge in [0.15, 0.2) is 5.78 Å². The molecule has 0 atom stereocenters. The fourth-order valence-corrected chi connectivity index (χ4v) is 1.41. The standard InChI is InChI=1S/C11H13NO/c1-8-4-10(7-12-6-8)11(13)5-9-2-3-9/h4,6-7,9H,2-3,5H2,1H3. The number of hydrogen-bond donors (Lipinski definition) is 0. The molecule has 2 rings (SSSR count). The summed E-state index contributed by atoms with van der Waals surface area (Å²) in [5.74, 6) is 0.909. The zero-order valence-electron chi connectivity index (χ0n) is 7.79. The number of Topliss-reactive ketones (excluding diaryl/α,β-unsaturated/α-hetero) is 1. The molecule has 1 aliphatic rings. The predicted molar refractivity (Wildman–Crippen MR) is 50.6 cm³/mol. The Morgan fingerprint density at radius 3 is 2.92 bits per heavy atom. The molecule has 1 aliphatic carbocycles. The summed E-state index contributed by atoms with van der Waals surface area (Å²) >= 11 is 0. The van der Waals surface area contributed by atoms with E-state index in [1.165, 1.54) is 12.8 Å². The second-order valence-electron chi connectivity index (χ2n) is 3.82. The molecular formula is C11H13NO. The molecule has 0 amide bonds. The maximum atomic E-state index is 11.6. The summed E-state index contributed by atoms with van der Waals surface area (Å²) in [7, 11) is 0. The Bertz CT molecular complexity index is 329. The molecule has 2 nitrogen and oxygen atoms in total. The lowest BCUT2D eigenvalue weighted by atomic mass is 10.1. The first-order chi connectivity index (χ1) is 6.25. The van der Waals surface area contributed by atoms with E-state index in [1.807, 2.05) is 13.0 Å². The van der Waals surface area contributed by atoms with E-state index in [9.17, 15) is 4.79 Å². The number of carbonyl (C=O) groups is 1. The van der Waals surface area contributed by atoms with E-state index >= 15 is 0 Å². The number of carbonyl (C=O) groups excluding carboxylic acids is 1. The topological polar surface area (TPSA) is 30.0 Å². The molecule has 0 N–H and O–H groups in total. The van der Waals surface area contributed by atoms with Gasteiger partial charge in [-0.05, 0) is 37.3 Å². The van der Waals surface area contributed by atoms with Crippen molar-refractivity contribution in [1.82, 2.24) is 4.98 Å². The van der Waals surface area contributed by atoms with Crippen LogP contribution in [0.1, 0.15) is 35.2 Å². The van der Waals surface area contributed by atoms with Crippen molar-refractivity contribution in [3.8, 4) is 0 Å². The molecule has 0 spiro atoms. The smallest absolute Gasteiger partial charge is 0.164 e. The maximum Gasteiger partial charge on any atom is 0.164 e. The van der Waals surface area contributed by atoms with Crippen LogP contribution in [0, 0.1) is 12.8 Å². The summed E-state index contributed by atoms with van der Waals surface area (Å²) < 4.78 is 0. The minimum Gasteiger partial charge on any atom is -0.294 e. The van der Waals surface area contributed by atoms with Crippen LogP contribution in [0.3, 0.4) is 0 Å². The average molecular weight is 175 g/mol. The van der Waals surface area contributed by atoms with Gasteiger partial charge in [-0.3, -0.25) is 9.78 Å². The van der Waals surface area contributed by atoms with Gasteiger partial charge in [-0.2, -0.15) is 0 Å². The first-order valence-electron chi connectivity index (χ1n) is 4.70. The fourth-order valence-electron chi connectivity index (χ4n) is 1.41. The second kappa shape index (κ2) is 3.29.